The number of hydrogen-bond acceptors (Lipinski definition) is 8. The lowest BCUT2D eigenvalue weighted by Gasteiger charge is -2.12. The van der Waals surface area contributed by atoms with Crippen LogP contribution < -0.4 is 14.8 Å². The van der Waals surface area contributed by atoms with Gasteiger partial charge in [-0.3, -0.25) is 0 Å². The molecule has 1 N–H and O–H groups in total. The fourth-order valence-electron chi connectivity index (χ4n) is 2.32. The Bertz CT molecular complexity index is 865. The summed E-state index contributed by atoms with van der Waals surface area (Å²) in [5.74, 6) is -0.431. The van der Waals surface area contributed by atoms with Crippen LogP contribution in [0.5, 0.6) is 11.5 Å². The molecule has 0 aliphatic heterocycles. The molecule has 0 atom stereocenters. The number of ether oxygens (including phenoxy) is 3. The van der Waals surface area contributed by atoms with E-state index < -0.39 is 11.9 Å². The molecule has 2 rings (SSSR count). The van der Waals surface area contributed by atoms with Gasteiger partial charge in [0.15, 0.2) is 11.5 Å². The third kappa shape index (κ3) is 6.91. The van der Waals surface area contributed by atoms with Crippen LogP contribution in [0.25, 0.3) is 0 Å². The Balaban J connectivity index is 2.18. The molecule has 0 unspecified atom stereocenters. The van der Waals surface area contributed by atoms with Crippen LogP contribution in [-0.2, 0) is 19.3 Å². The van der Waals surface area contributed by atoms with Gasteiger partial charge < -0.3 is 19.5 Å². The number of carbonyl (C=O) groups excluding carboxylic acids is 2. The third-order valence-corrected chi connectivity index (χ3v) is 3.74. The molecule has 2 aromatic rings. The van der Waals surface area contributed by atoms with Crippen LogP contribution in [0.1, 0.15) is 24.2 Å². The molecule has 0 fully saturated rings. The van der Waals surface area contributed by atoms with Crippen LogP contribution >= 0.6 is 0 Å². The Kier molecular flexibility index (Phi) is 9.36. The van der Waals surface area contributed by atoms with Crippen LogP contribution in [-0.4, -0.2) is 38.9 Å². The summed E-state index contributed by atoms with van der Waals surface area (Å²) >= 11 is 0. The minimum atomic E-state index is -0.533. The highest BCUT2D eigenvalue weighted by Gasteiger charge is 2.14. The Morgan fingerprint density at radius 1 is 0.967 bits per heavy atom. The topological polar surface area (TPSA) is 92.3 Å². The molecule has 0 amide bonds. The van der Waals surface area contributed by atoms with Crippen molar-refractivity contribution in [2.45, 2.75) is 13.8 Å². The number of carbonyl (C=O) groups is 2. The Morgan fingerprint density at radius 3 is 2.40 bits per heavy atom. The van der Waals surface area contributed by atoms with Crippen molar-refractivity contribution in [2.24, 2.45) is 0 Å². The van der Waals surface area contributed by atoms with E-state index in [1.165, 1.54) is 13.3 Å². The van der Waals surface area contributed by atoms with Crippen molar-refractivity contribution < 1.29 is 33.6 Å². The van der Waals surface area contributed by atoms with E-state index in [4.69, 9.17) is 24.0 Å². The lowest BCUT2D eigenvalue weighted by molar-refractivity contribution is -0.284. The zero-order valence-corrected chi connectivity index (χ0v) is 17.2. The van der Waals surface area contributed by atoms with E-state index in [1.807, 2.05) is 6.07 Å². The van der Waals surface area contributed by atoms with Crippen molar-refractivity contribution >= 4 is 17.6 Å². The van der Waals surface area contributed by atoms with Gasteiger partial charge in [0.1, 0.15) is 6.61 Å². The summed E-state index contributed by atoms with van der Waals surface area (Å²) in [5.41, 5.74) is 1.20. The van der Waals surface area contributed by atoms with E-state index in [2.05, 4.69) is 5.32 Å². The van der Waals surface area contributed by atoms with Crippen LogP contribution in [0.2, 0.25) is 0 Å². The highest BCUT2D eigenvalue weighted by molar-refractivity contribution is 5.91. The fourth-order valence-corrected chi connectivity index (χ4v) is 2.32. The zero-order chi connectivity index (χ0) is 21.8. The highest BCUT2D eigenvalue weighted by atomic mass is 17.2. The summed E-state index contributed by atoms with van der Waals surface area (Å²) in [6, 6.07) is 13.6. The molecule has 0 bridgehead atoms. The lowest BCUT2D eigenvalue weighted by atomic mass is 10.2. The highest BCUT2D eigenvalue weighted by Crippen LogP contribution is 2.31. The molecule has 0 radical (unpaired) electrons. The maximum absolute atomic E-state index is 12.4. The van der Waals surface area contributed by atoms with Gasteiger partial charge in [-0.05, 0) is 38.1 Å². The van der Waals surface area contributed by atoms with Gasteiger partial charge in [-0.2, -0.15) is 0 Å². The first-order valence-corrected chi connectivity index (χ1v) is 9.41. The predicted molar refractivity (Wildman–Crippen MR) is 110 cm³/mol. The molecule has 0 heterocycles. The molecule has 0 aliphatic rings. The molecule has 0 aliphatic carbocycles. The summed E-state index contributed by atoms with van der Waals surface area (Å²) < 4.78 is 15.8. The van der Waals surface area contributed by atoms with Crippen LogP contribution in [0, 0.1) is 0 Å². The molecule has 0 saturated carbocycles. The second kappa shape index (κ2) is 12.3. The number of rotatable bonds is 11. The number of methoxy groups -OCH3 is 1. The zero-order valence-electron chi connectivity index (χ0n) is 17.2. The number of benzene rings is 2. The first-order valence-electron chi connectivity index (χ1n) is 9.41. The van der Waals surface area contributed by atoms with Gasteiger partial charge in [0, 0.05) is 18.0 Å². The van der Waals surface area contributed by atoms with E-state index in [0.29, 0.717) is 23.6 Å². The van der Waals surface area contributed by atoms with Crippen molar-refractivity contribution in [2.75, 3.05) is 32.2 Å². The Labute approximate surface area is 175 Å². The average molecular weight is 415 g/mol. The molecule has 2 aromatic carbocycles. The summed E-state index contributed by atoms with van der Waals surface area (Å²) in [5, 5.41) is 2.97. The predicted octanol–water partition coefficient (Wildman–Crippen LogP) is 3.74. The first-order chi connectivity index (χ1) is 14.6. The lowest BCUT2D eigenvalue weighted by Crippen LogP contribution is -2.14. The Morgan fingerprint density at radius 2 is 1.73 bits per heavy atom. The van der Waals surface area contributed by atoms with Crippen molar-refractivity contribution in [3.05, 3.63) is 65.9 Å². The normalized spacial score (nSPS) is 11.0. The van der Waals surface area contributed by atoms with Crippen molar-refractivity contribution in [1.82, 2.24) is 0 Å². The molecular weight excluding hydrogens is 390 g/mol. The van der Waals surface area contributed by atoms with E-state index >= 15 is 0 Å². The summed E-state index contributed by atoms with van der Waals surface area (Å²) in [6.45, 7) is 3.96. The van der Waals surface area contributed by atoms with Gasteiger partial charge in [-0.25, -0.2) is 19.4 Å². The molecule has 0 spiro atoms. The van der Waals surface area contributed by atoms with Gasteiger partial charge >= 0.3 is 11.9 Å². The van der Waals surface area contributed by atoms with Crippen molar-refractivity contribution in [1.29, 1.82) is 0 Å². The van der Waals surface area contributed by atoms with E-state index in [0.717, 1.165) is 0 Å². The van der Waals surface area contributed by atoms with Crippen LogP contribution in [0.3, 0.4) is 0 Å². The second-order valence-electron chi connectivity index (χ2n) is 5.82. The fraction of sp³-hybridized carbons (Fsp3) is 0.273. The van der Waals surface area contributed by atoms with Crippen LogP contribution in [0.4, 0.5) is 5.69 Å². The van der Waals surface area contributed by atoms with E-state index in [1.54, 1.807) is 56.3 Å². The number of nitrogens with one attached hydrogen (secondary N) is 1. The molecule has 8 nitrogen and oxygen atoms in total. The average Bonchev–Trinajstić information content (AvgIpc) is 2.77. The summed E-state index contributed by atoms with van der Waals surface area (Å²) in [7, 11) is 1.48. The molecule has 0 saturated heterocycles. The quantitative estimate of drug-likeness (QED) is 0.148. The third-order valence-electron chi connectivity index (χ3n) is 3.74. The van der Waals surface area contributed by atoms with Crippen molar-refractivity contribution in [3.63, 3.8) is 0 Å². The first kappa shape index (κ1) is 22.9. The number of hydrogen-bond donors (Lipinski definition) is 1. The molecular formula is C22H25NO7. The minimum Gasteiger partial charge on any atom is -0.493 e. The van der Waals surface area contributed by atoms with E-state index in [-0.39, 0.29) is 24.5 Å². The largest absolute Gasteiger partial charge is 0.493 e. The maximum Gasteiger partial charge on any atom is 0.343 e. The monoisotopic (exact) mass is 415 g/mol. The number of anilines is 1. The molecule has 0 aromatic heterocycles. The van der Waals surface area contributed by atoms with Crippen LogP contribution in [0.15, 0.2) is 60.3 Å². The van der Waals surface area contributed by atoms with Gasteiger partial charge in [-0.15, -0.1) is 0 Å². The van der Waals surface area contributed by atoms with Crippen molar-refractivity contribution in [3.8, 4) is 11.5 Å². The van der Waals surface area contributed by atoms with Gasteiger partial charge in [0.05, 0.1) is 31.5 Å². The second-order valence-corrected chi connectivity index (χ2v) is 5.82. The molecule has 30 heavy (non-hydrogen) atoms. The maximum atomic E-state index is 12.4. The summed E-state index contributed by atoms with van der Waals surface area (Å²) in [6.07, 6.45) is 1.45. The minimum absolute atomic E-state index is 0.0916. The van der Waals surface area contributed by atoms with Gasteiger partial charge in [0.25, 0.3) is 0 Å². The molecule has 8 heteroatoms. The molecule has 160 valence electrons. The Hall–Kier alpha value is -3.36. The smallest absolute Gasteiger partial charge is 0.343 e. The van der Waals surface area contributed by atoms with E-state index in [9.17, 15) is 9.59 Å². The standard InChI is InChI=1S/C22H25NO7/c1-4-27-21(24)17(15-29-28-5-2)14-23-18-11-12-19(26-3)20(13-18)30-22(25)16-9-7-6-8-10-16/h6-14,23H,4-5,15H2,1-3H3/b17-14+. The number of esters is 2. The summed E-state index contributed by atoms with van der Waals surface area (Å²) in [4.78, 5) is 34.2. The van der Waals surface area contributed by atoms with Gasteiger partial charge in [-0.1, -0.05) is 18.2 Å². The SMILES string of the molecule is CCOOC/C(=C\Nc1ccc(OC)c(OC(=O)c2ccccc2)c1)C(=O)OCC. The van der Waals surface area contributed by atoms with Gasteiger partial charge in [0.2, 0.25) is 0 Å².